The van der Waals surface area contributed by atoms with Crippen LogP contribution in [0.5, 0.6) is 0 Å². The van der Waals surface area contributed by atoms with E-state index < -0.39 is 5.97 Å². The lowest BCUT2D eigenvalue weighted by molar-refractivity contribution is -0.137. The molecule has 1 aliphatic heterocycles. The summed E-state index contributed by atoms with van der Waals surface area (Å²) in [6, 6.07) is 0. The number of hydrogen-bond acceptors (Lipinski definition) is 6. The standard InChI is InChI=1S/C15H29N3O3S2/c16-7-10-18(9-5-15(20)21)11-8-17-14(19)4-2-1-3-13-6-12-22-23-13/h13H,1-12,16H2,(H,17,19)(H,20,21). The zero-order chi connectivity index (χ0) is 16.9. The zero-order valence-electron chi connectivity index (χ0n) is 13.7. The van der Waals surface area contributed by atoms with E-state index in [0.717, 1.165) is 18.1 Å². The molecule has 8 heteroatoms. The van der Waals surface area contributed by atoms with Crippen LogP contribution in [0.4, 0.5) is 0 Å². The molecule has 1 amide bonds. The molecular formula is C15H29N3O3S2. The summed E-state index contributed by atoms with van der Waals surface area (Å²) >= 11 is 0. The van der Waals surface area contributed by atoms with E-state index in [1.807, 2.05) is 26.5 Å². The summed E-state index contributed by atoms with van der Waals surface area (Å²) in [6.07, 6.45) is 5.25. The van der Waals surface area contributed by atoms with Crippen molar-refractivity contribution in [3.05, 3.63) is 0 Å². The number of carboxylic acids is 1. The number of aliphatic carboxylic acids is 1. The number of nitrogens with one attached hydrogen (secondary N) is 1. The molecule has 1 rings (SSSR count). The van der Waals surface area contributed by atoms with Gasteiger partial charge in [-0.3, -0.25) is 14.5 Å². The minimum atomic E-state index is -0.810. The van der Waals surface area contributed by atoms with Crippen molar-refractivity contribution in [3.8, 4) is 0 Å². The Hall–Kier alpha value is -0.440. The quantitative estimate of drug-likeness (QED) is 0.337. The molecule has 1 fully saturated rings. The highest BCUT2D eigenvalue weighted by Crippen LogP contribution is 2.39. The summed E-state index contributed by atoms with van der Waals surface area (Å²) < 4.78 is 0. The van der Waals surface area contributed by atoms with Crippen molar-refractivity contribution in [1.82, 2.24) is 10.2 Å². The first kappa shape index (κ1) is 20.6. The minimum Gasteiger partial charge on any atom is -0.481 e. The number of amides is 1. The molecule has 23 heavy (non-hydrogen) atoms. The Morgan fingerprint density at radius 1 is 1.22 bits per heavy atom. The first-order chi connectivity index (χ1) is 11.1. The normalized spacial score (nSPS) is 17.6. The van der Waals surface area contributed by atoms with Gasteiger partial charge in [0.1, 0.15) is 0 Å². The molecule has 1 unspecified atom stereocenters. The third-order valence-electron chi connectivity index (χ3n) is 3.74. The first-order valence-corrected chi connectivity index (χ1v) is 10.7. The van der Waals surface area contributed by atoms with Crippen LogP contribution in [-0.2, 0) is 9.59 Å². The van der Waals surface area contributed by atoms with E-state index in [2.05, 4.69) is 5.32 Å². The highest BCUT2D eigenvalue weighted by molar-refractivity contribution is 8.77. The second-order valence-electron chi connectivity index (χ2n) is 5.70. The Morgan fingerprint density at radius 3 is 2.70 bits per heavy atom. The molecule has 1 atom stereocenters. The third-order valence-corrected chi connectivity index (χ3v) is 6.75. The molecule has 4 N–H and O–H groups in total. The molecule has 0 bridgehead atoms. The van der Waals surface area contributed by atoms with E-state index >= 15 is 0 Å². The average molecular weight is 364 g/mol. The Kier molecular flexibility index (Phi) is 11.6. The predicted molar refractivity (Wildman–Crippen MR) is 97.7 cm³/mol. The molecule has 0 aromatic rings. The summed E-state index contributed by atoms with van der Waals surface area (Å²) in [5, 5.41) is 12.4. The van der Waals surface area contributed by atoms with Crippen LogP contribution in [0.2, 0.25) is 0 Å². The topological polar surface area (TPSA) is 95.7 Å². The van der Waals surface area contributed by atoms with Gasteiger partial charge in [0.25, 0.3) is 0 Å². The monoisotopic (exact) mass is 363 g/mol. The van der Waals surface area contributed by atoms with Gasteiger partial charge < -0.3 is 16.2 Å². The van der Waals surface area contributed by atoms with E-state index in [-0.39, 0.29) is 12.3 Å². The van der Waals surface area contributed by atoms with E-state index in [9.17, 15) is 9.59 Å². The van der Waals surface area contributed by atoms with Crippen molar-refractivity contribution in [2.75, 3.05) is 38.5 Å². The Labute approximate surface area is 146 Å². The number of carboxylic acid groups (broad SMARTS) is 1. The molecule has 1 saturated heterocycles. The fourth-order valence-corrected chi connectivity index (χ4v) is 5.46. The molecule has 0 radical (unpaired) electrons. The molecule has 1 heterocycles. The molecular weight excluding hydrogens is 334 g/mol. The van der Waals surface area contributed by atoms with E-state index in [0.29, 0.717) is 39.1 Å². The van der Waals surface area contributed by atoms with E-state index in [1.165, 1.54) is 18.6 Å². The molecule has 134 valence electrons. The molecule has 6 nitrogen and oxygen atoms in total. The number of rotatable bonds is 13. The number of carbonyl (C=O) groups excluding carboxylic acids is 1. The van der Waals surface area contributed by atoms with Crippen molar-refractivity contribution in [3.63, 3.8) is 0 Å². The molecule has 0 aromatic carbocycles. The summed E-state index contributed by atoms with van der Waals surface area (Å²) in [5.41, 5.74) is 5.52. The SMILES string of the molecule is NCCN(CCNC(=O)CCCCC1CCSS1)CCC(=O)O. The van der Waals surface area contributed by atoms with Crippen LogP contribution in [0.1, 0.15) is 38.5 Å². The average Bonchev–Trinajstić information content (AvgIpc) is 3.02. The zero-order valence-corrected chi connectivity index (χ0v) is 15.3. The lowest BCUT2D eigenvalue weighted by Gasteiger charge is -2.20. The van der Waals surface area contributed by atoms with Gasteiger partial charge in [-0.05, 0) is 19.3 Å². The largest absolute Gasteiger partial charge is 0.481 e. The Morgan fingerprint density at radius 2 is 2.04 bits per heavy atom. The van der Waals surface area contributed by atoms with Crippen LogP contribution < -0.4 is 11.1 Å². The number of nitrogens with zero attached hydrogens (tertiary/aromatic N) is 1. The van der Waals surface area contributed by atoms with E-state index in [1.54, 1.807) is 0 Å². The number of hydrogen-bond donors (Lipinski definition) is 3. The second-order valence-corrected chi connectivity index (χ2v) is 8.49. The lowest BCUT2D eigenvalue weighted by Crippen LogP contribution is -2.38. The van der Waals surface area contributed by atoms with Crippen LogP contribution >= 0.6 is 21.6 Å². The smallest absolute Gasteiger partial charge is 0.304 e. The maximum Gasteiger partial charge on any atom is 0.304 e. The number of nitrogens with two attached hydrogens (primary N) is 1. The van der Waals surface area contributed by atoms with Crippen LogP contribution in [0.15, 0.2) is 0 Å². The van der Waals surface area contributed by atoms with Gasteiger partial charge in [-0.2, -0.15) is 0 Å². The van der Waals surface area contributed by atoms with Crippen molar-refractivity contribution in [2.45, 2.75) is 43.8 Å². The molecule has 0 aromatic heterocycles. The summed E-state index contributed by atoms with van der Waals surface area (Å²) in [4.78, 5) is 24.4. The maximum absolute atomic E-state index is 11.8. The van der Waals surface area contributed by atoms with Crippen LogP contribution in [0.3, 0.4) is 0 Å². The molecule has 0 spiro atoms. The maximum atomic E-state index is 11.8. The van der Waals surface area contributed by atoms with Crippen molar-refractivity contribution in [2.24, 2.45) is 5.73 Å². The highest BCUT2D eigenvalue weighted by atomic mass is 33.1. The fourth-order valence-electron chi connectivity index (χ4n) is 2.44. The molecule has 1 aliphatic rings. The predicted octanol–water partition coefficient (Wildman–Crippen LogP) is 1.55. The van der Waals surface area contributed by atoms with Gasteiger partial charge in [0.15, 0.2) is 0 Å². The van der Waals surface area contributed by atoms with Gasteiger partial charge >= 0.3 is 5.97 Å². The van der Waals surface area contributed by atoms with Gasteiger partial charge in [-0.25, -0.2) is 0 Å². The van der Waals surface area contributed by atoms with Crippen molar-refractivity contribution in [1.29, 1.82) is 0 Å². The van der Waals surface area contributed by atoms with Gasteiger partial charge in [0.2, 0.25) is 5.91 Å². The first-order valence-electron chi connectivity index (χ1n) is 8.31. The minimum absolute atomic E-state index is 0.0874. The van der Waals surface area contributed by atoms with Gasteiger partial charge in [0, 0.05) is 50.1 Å². The van der Waals surface area contributed by atoms with Crippen LogP contribution in [-0.4, -0.2) is 65.6 Å². The number of carbonyl (C=O) groups is 2. The summed E-state index contributed by atoms with van der Waals surface area (Å²) in [7, 11) is 3.95. The van der Waals surface area contributed by atoms with Crippen LogP contribution in [0.25, 0.3) is 0 Å². The molecule has 0 saturated carbocycles. The third kappa shape index (κ3) is 10.9. The lowest BCUT2D eigenvalue weighted by atomic mass is 10.1. The van der Waals surface area contributed by atoms with Gasteiger partial charge in [-0.15, -0.1) is 0 Å². The van der Waals surface area contributed by atoms with E-state index in [4.69, 9.17) is 10.8 Å². The Bertz CT molecular complexity index is 353. The van der Waals surface area contributed by atoms with Gasteiger partial charge in [0.05, 0.1) is 6.42 Å². The number of unbranched alkanes of at least 4 members (excludes halogenated alkanes) is 1. The van der Waals surface area contributed by atoms with Gasteiger partial charge in [-0.1, -0.05) is 28.0 Å². The fraction of sp³-hybridized carbons (Fsp3) is 0.867. The summed E-state index contributed by atoms with van der Waals surface area (Å²) in [6.45, 7) is 2.81. The Balaban J connectivity index is 2.02. The van der Waals surface area contributed by atoms with Crippen LogP contribution in [0, 0.1) is 0 Å². The second kappa shape index (κ2) is 12.9. The highest BCUT2D eigenvalue weighted by Gasteiger charge is 2.15. The molecule has 0 aliphatic carbocycles. The van der Waals surface area contributed by atoms with Crippen molar-refractivity contribution < 1.29 is 14.7 Å². The van der Waals surface area contributed by atoms with Crippen molar-refractivity contribution >= 4 is 33.5 Å². The summed E-state index contributed by atoms with van der Waals surface area (Å²) in [5.74, 6) is 0.538.